The zero-order valence-electron chi connectivity index (χ0n) is 12.8. The molecule has 0 radical (unpaired) electrons. The Hall–Kier alpha value is -3.14. The normalized spacial score (nSPS) is 10.9. The van der Waals surface area contributed by atoms with Gasteiger partial charge in [0, 0.05) is 11.8 Å². The van der Waals surface area contributed by atoms with Gasteiger partial charge in [-0.2, -0.15) is 5.26 Å². The standard InChI is InChI=1S/C16H15N5O2/c1-9(2)8-23-13-4-3-10(5-11(13)6-17)14-18-7-12-15(19-14)20-21-16(12)22/h3-5,7,9H,8H2,1-2H3,(H2,18,19,20,21,22). The van der Waals surface area contributed by atoms with Crippen LogP contribution in [0, 0.1) is 17.2 Å². The summed E-state index contributed by atoms with van der Waals surface area (Å²) in [5, 5.41) is 14.9. The van der Waals surface area contributed by atoms with E-state index in [9.17, 15) is 10.1 Å². The van der Waals surface area contributed by atoms with Gasteiger partial charge in [0.25, 0.3) is 5.56 Å². The van der Waals surface area contributed by atoms with E-state index in [0.29, 0.717) is 46.3 Å². The summed E-state index contributed by atoms with van der Waals surface area (Å²) in [7, 11) is 0. The van der Waals surface area contributed by atoms with E-state index in [-0.39, 0.29) is 5.56 Å². The fraction of sp³-hybridized carbons (Fsp3) is 0.250. The van der Waals surface area contributed by atoms with Crippen molar-refractivity contribution in [3.8, 4) is 23.2 Å². The van der Waals surface area contributed by atoms with Crippen LogP contribution in [0.1, 0.15) is 19.4 Å². The molecule has 0 spiro atoms. The second-order valence-electron chi connectivity index (χ2n) is 5.56. The molecule has 0 aliphatic carbocycles. The molecule has 2 N–H and O–H groups in total. The van der Waals surface area contributed by atoms with Gasteiger partial charge >= 0.3 is 0 Å². The van der Waals surface area contributed by atoms with E-state index in [1.54, 1.807) is 18.2 Å². The largest absolute Gasteiger partial charge is 0.492 e. The first-order valence-electron chi connectivity index (χ1n) is 7.19. The van der Waals surface area contributed by atoms with Gasteiger partial charge in [-0.15, -0.1) is 0 Å². The molecular weight excluding hydrogens is 294 g/mol. The summed E-state index contributed by atoms with van der Waals surface area (Å²) in [6, 6.07) is 7.34. The fourth-order valence-electron chi connectivity index (χ4n) is 2.10. The van der Waals surface area contributed by atoms with E-state index in [0.717, 1.165) is 0 Å². The first kappa shape index (κ1) is 14.8. The zero-order valence-corrected chi connectivity index (χ0v) is 12.8. The lowest BCUT2D eigenvalue weighted by molar-refractivity contribution is 0.270. The van der Waals surface area contributed by atoms with Crippen LogP contribution < -0.4 is 10.3 Å². The van der Waals surface area contributed by atoms with Gasteiger partial charge in [0.2, 0.25) is 0 Å². The van der Waals surface area contributed by atoms with Gasteiger partial charge in [0.1, 0.15) is 17.2 Å². The second kappa shape index (κ2) is 5.93. The molecule has 3 rings (SSSR count). The minimum Gasteiger partial charge on any atom is -0.492 e. The summed E-state index contributed by atoms with van der Waals surface area (Å²) < 4.78 is 5.64. The minimum atomic E-state index is -0.262. The summed E-state index contributed by atoms with van der Waals surface area (Å²) in [6.07, 6.45) is 1.46. The molecule has 0 saturated carbocycles. The monoisotopic (exact) mass is 309 g/mol. The summed E-state index contributed by atoms with van der Waals surface area (Å²) in [5.74, 6) is 1.35. The highest BCUT2D eigenvalue weighted by atomic mass is 16.5. The Labute approximate surface area is 131 Å². The molecule has 1 aromatic carbocycles. The second-order valence-corrected chi connectivity index (χ2v) is 5.56. The number of hydrogen-bond donors (Lipinski definition) is 2. The van der Waals surface area contributed by atoms with Gasteiger partial charge in [0.15, 0.2) is 11.5 Å². The Morgan fingerprint density at radius 3 is 2.91 bits per heavy atom. The average Bonchev–Trinajstić information content (AvgIpc) is 2.93. The van der Waals surface area contributed by atoms with Crippen LogP contribution in [-0.4, -0.2) is 26.8 Å². The molecule has 116 valence electrons. The van der Waals surface area contributed by atoms with Crippen molar-refractivity contribution in [2.24, 2.45) is 5.92 Å². The van der Waals surface area contributed by atoms with Crippen molar-refractivity contribution in [1.29, 1.82) is 5.26 Å². The summed E-state index contributed by atoms with van der Waals surface area (Å²) in [5.41, 5.74) is 1.28. The maximum Gasteiger partial charge on any atom is 0.275 e. The van der Waals surface area contributed by atoms with Gasteiger partial charge in [-0.1, -0.05) is 13.8 Å². The third-order valence-corrected chi connectivity index (χ3v) is 3.26. The van der Waals surface area contributed by atoms with Crippen LogP contribution in [0.3, 0.4) is 0 Å². The number of benzene rings is 1. The van der Waals surface area contributed by atoms with Gasteiger partial charge in [-0.3, -0.25) is 15.0 Å². The highest BCUT2D eigenvalue weighted by molar-refractivity contribution is 5.75. The molecule has 0 aliphatic heterocycles. The van der Waals surface area contributed by atoms with Crippen molar-refractivity contribution < 1.29 is 4.74 Å². The number of aromatic amines is 2. The number of H-pyrrole nitrogens is 2. The smallest absolute Gasteiger partial charge is 0.275 e. The van der Waals surface area contributed by atoms with Gasteiger partial charge in [-0.05, 0) is 24.1 Å². The van der Waals surface area contributed by atoms with Crippen LogP contribution in [0.25, 0.3) is 22.4 Å². The Bertz CT molecular complexity index is 949. The Kier molecular flexibility index (Phi) is 3.81. The molecule has 3 aromatic rings. The predicted octanol–water partition coefficient (Wildman–Crippen LogP) is 2.22. The van der Waals surface area contributed by atoms with Gasteiger partial charge in [-0.25, -0.2) is 9.97 Å². The van der Waals surface area contributed by atoms with Crippen molar-refractivity contribution in [3.05, 3.63) is 40.3 Å². The lowest BCUT2D eigenvalue weighted by atomic mass is 10.1. The number of nitrogens with zero attached hydrogens (tertiary/aromatic N) is 3. The third-order valence-electron chi connectivity index (χ3n) is 3.26. The topological polar surface area (TPSA) is 107 Å². The summed E-state index contributed by atoms with van der Waals surface area (Å²) in [6.45, 7) is 4.63. The lowest BCUT2D eigenvalue weighted by Gasteiger charge is -2.10. The van der Waals surface area contributed by atoms with Crippen LogP contribution in [-0.2, 0) is 0 Å². The maximum absolute atomic E-state index is 11.5. The first-order chi connectivity index (χ1) is 11.1. The molecule has 0 bridgehead atoms. The molecule has 7 heteroatoms. The van der Waals surface area contributed by atoms with Crippen molar-refractivity contribution in [2.45, 2.75) is 13.8 Å². The molecule has 23 heavy (non-hydrogen) atoms. The number of ether oxygens (including phenoxy) is 1. The first-order valence-corrected chi connectivity index (χ1v) is 7.19. The van der Waals surface area contributed by atoms with E-state index in [4.69, 9.17) is 4.74 Å². The fourth-order valence-corrected chi connectivity index (χ4v) is 2.10. The minimum absolute atomic E-state index is 0.262. The molecular formula is C16H15N5O2. The maximum atomic E-state index is 11.5. The summed E-state index contributed by atoms with van der Waals surface area (Å²) in [4.78, 5) is 20.0. The van der Waals surface area contributed by atoms with Crippen LogP contribution in [0.5, 0.6) is 5.75 Å². The molecule has 0 fully saturated rings. The predicted molar refractivity (Wildman–Crippen MR) is 85.0 cm³/mol. The zero-order chi connectivity index (χ0) is 16.4. The van der Waals surface area contributed by atoms with Crippen LogP contribution in [0.4, 0.5) is 0 Å². The molecule has 2 aromatic heterocycles. The van der Waals surface area contributed by atoms with Gasteiger partial charge < -0.3 is 4.74 Å². The number of aromatic nitrogens is 4. The Balaban J connectivity index is 1.98. The lowest BCUT2D eigenvalue weighted by Crippen LogP contribution is -2.05. The summed E-state index contributed by atoms with van der Waals surface area (Å²) >= 11 is 0. The molecule has 0 saturated heterocycles. The number of hydrogen-bond acceptors (Lipinski definition) is 5. The number of nitrogens with one attached hydrogen (secondary N) is 2. The number of fused-ring (bicyclic) bond motifs is 1. The molecule has 0 amide bonds. The number of rotatable bonds is 4. The van der Waals surface area contributed by atoms with Crippen molar-refractivity contribution in [1.82, 2.24) is 20.2 Å². The van der Waals surface area contributed by atoms with E-state index < -0.39 is 0 Å². The van der Waals surface area contributed by atoms with E-state index in [2.05, 4.69) is 26.2 Å². The van der Waals surface area contributed by atoms with Crippen LogP contribution in [0.2, 0.25) is 0 Å². The third kappa shape index (κ3) is 2.92. The molecule has 2 heterocycles. The highest BCUT2D eigenvalue weighted by Crippen LogP contribution is 2.25. The van der Waals surface area contributed by atoms with E-state index in [1.807, 2.05) is 13.8 Å². The highest BCUT2D eigenvalue weighted by Gasteiger charge is 2.11. The van der Waals surface area contributed by atoms with E-state index >= 15 is 0 Å². The quantitative estimate of drug-likeness (QED) is 0.768. The Morgan fingerprint density at radius 2 is 2.17 bits per heavy atom. The molecule has 0 unspecified atom stereocenters. The van der Waals surface area contributed by atoms with E-state index in [1.165, 1.54) is 6.20 Å². The van der Waals surface area contributed by atoms with Crippen LogP contribution in [0.15, 0.2) is 29.2 Å². The van der Waals surface area contributed by atoms with Gasteiger partial charge in [0.05, 0.1) is 12.2 Å². The molecule has 0 atom stereocenters. The van der Waals surface area contributed by atoms with Crippen molar-refractivity contribution >= 4 is 11.0 Å². The number of nitriles is 1. The SMILES string of the molecule is CC(C)COc1ccc(-c2ncc3c(=O)[nH][nH]c3n2)cc1C#N. The molecule has 0 aliphatic rings. The van der Waals surface area contributed by atoms with Crippen molar-refractivity contribution in [3.63, 3.8) is 0 Å². The average molecular weight is 309 g/mol. The van der Waals surface area contributed by atoms with Crippen LogP contribution >= 0.6 is 0 Å². The van der Waals surface area contributed by atoms with Crippen molar-refractivity contribution in [2.75, 3.05) is 6.61 Å². The Morgan fingerprint density at radius 1 is 1.35 bits per heavy atom. The molecule has 7 nitrogen and oxygen atoms in total.